The number of aromatic nitrogens is 1. The molecule has 0 spiro atoms. The Morgan fingerprint density at radius 3 is 2.53 bits per heavy atom. The van der Waals surface area contributed by atoms with E-state index in [4.69, 9.17) is 0 Å². The molecule has 2 aromatic rings. The van der Waals surface area contributed by atoms with Crippen molar-refractivity contribution in [1.29, 1.82) is 0 Å². The lowest BCUT2D eigenvalue weighted by molar-refractivity contribution is 0.585. The summed E-state index contributed by atoms with van der Waals surface area (Å²) in [4.78, 5) is 4.03. The first-order chi connectivity index (χ1) is 7.16. The van der Waals surface area contributed by atoms with Crippen molar-refractivity contribution < 1.29 is 8.78 Å². The molecule has 1 aromatic heterocycles. The van der Waals surface area contributed by atoms with Gasteiger partial charge in [0.05, 0.1) is 5.69 Å². The van der Waals surface area contributed by atoms with Crippen LogP contribution in [0.15, 0.2) is 36.5 Å². The molecule has 0 fully saturated rings. The SMILES string of the molecule is Fc1ccc(-c2cc(I)ccn2)c(F)c1. The highest BCUT2D eigenvalue weighted by Crippen LogP contribution is 2.22. The monoisotopic (exact) mass is 317 g/mol. The van der Waals surface area contributed by atoms with Crippen molar-refractivity contribution in [2.75, 3.05) is 0 Å². The third-order valence-electron chi connectivity index (χ3n) is 1.93. The first-order valence-electron chi connectivity index (χ1n) is 4.24. The van der Waals surface area contributed by atoms with Crippen LogP contribution in [0.25, 0.3) is 11.3 Å². The van der Waals surface area contributed by atoms with Gasteiger partial charge in [-0.2, -0.15) is 0 Å². The maximum Gasteiger partial charge on any atom is 0.135 e. The van der Waals surface area contributed by atoms with E-state index in [0.717, 1.165) is 9.64 Å². The summed E-state index contributed by atoms with van der Waals surface area (Å²) in [6.07, 6.45) is 1.60. The lowest BCUT2D eigenvalue weighted by Crippen LogP contribution is -1.89. The Hall–Kier alpha value is -1.04. The number of pyridine rings is 1. The number of hydrogen-bond donors (Lipinski definition) is 0. The minimum Gasteiger partial charge on any atom is -0.256 e. The Kier molecular flexibility index (Phi) is 2.95. The van der Waals surface area contributed by atoms with E-state index in [1.54, 1.807) is 12.3 Å². The molecule has 0 saturated heterocycles. The van der Waals surface area contributed by atoms with E-state index in [1.807, 2.05) is 6.07 Å². The third kappa shape index (κ3) is 2.31. The number of benzene rings is 1. The second-order valence-electron chi connectivity index (χ2n) is 2.98. The van der Waals surface area contributed by atoms with Crippen LogP contribution >= 0.6 is 22.6 Å². The number of nitrogens with zero attached hydrogens (tertiary/aromatic N) is 1. The van der Waals surface area contributed by atoms with Gasteiger partial charge in [0.15, 0.2) is 0 Å². The van der Waals surface area contributed by atoms with Crippen LogP contribution in [0, 0.1) is 15.2 Å². The highest BCUT2D eigenvalue weighted by atomic mass is 127. The predicted octanol–water partition coefficient (Wildman–Crippen LogP) is 3.63. The van der Waals surface area contributed by atoms with E-state index in [-0.39, 0.29) is 0 Å². The van der Waals surface area contributed by atoms with Crippen molar-refractivity contribution in [3.8, 4) is 11.3 Å². The minimum atomic E-state index is -0.593. The van der Waals surface area contributed by atoms with Crippen molar-refractivity contribution in [2.24, 2.45) is 0 Å². The molecular weight excluding hydrogens is 311 g/mol. The van der Waals surface area contributed by atoms with Crippen molar-refractivity contribution >= 4 is 22.6 Å². The highest BCUT2D eigenvalue weighted by molar-refractivity contribution is 14.1. The van der Waals surface area contributed by atoms with Crippen LogP contribution in [0.1, 0.15) is 0 Å². The molecule has 0 radical (unpaired) electrons. The van der Waals surface area contributed by atoms with Crippen molar-refractivity contribution in [2.45, 2.75) is 0 Å². The van der Waals surface area contributed by atoms with E-state index in [2.05, 4.69) is 27.6 Å². The Morgan fingerprint density at radius 2 is 1.87 bits per heavy atom. The molecule has 0 bridgehead atoms. The lowest BCUT2D eigenvalue weighted by Gasteiger charge is -2.02. The van der Waals surface area contributed by atoms with E-state index in [0.29, 0.717) is 11.3 Å². The maximum absolute atomic E-state index is 13.4. The molecule has 1 heterocycles. The fourth-order valence-corrected chi connectivity index (χ4v) is 1.71. The second kappa shape index (κ2) is 4.22. The van der Waals surface area contributed by atoms with Crippen molar-refractivity contribution in [1.82, 2.24) is 4.98 Å². The molecular formula is C11H6F2IN. The van der Waals surface area contributed by atoms with Crippen LogP contribution < -0.4 is 0 Å². The molecule has 2 rings (SSSR count). The lowest BCUT2D eigenvalue weighted by atomic mass is 10.1. The van der Waals surface area contributed by atoms with Crippen LogP contribution in [-0.4, -0.2) is 4.98 Å². The summed E-state index contributed by atoms with van der Waals surface area (Å²) in [6.45, 7) is 0. The minimum absolute atomic E-state index is 0.315. The van der Waals surface area contributed by atoms with Gasteiger partial charge in [0, 0.05) is 21.4 Å². The van der Waals surface area contributed by atoms with Crippen LogP contribution in [0.3, 0.4) is 0 Å². The summed E-state index contributed by atoms with van der Waals surface area (Å²) >= 11 is 2.11. The Labute approximate surface area is 99.3 Å². The Balaban J connectivity index is 2.54. The highest BCUT2D eigenvalue weighted by Gasteiger charge is 2.07. The quantitative estimate of drug-likeness (QED) is 0.732. The van der Waals surface area contributed by atoms with Gasteiger partial charge in [-0.25, -0.2) is 8.78 Å². The van der Waals surface area contributed by atoms with Crippen LogP contribution in [0.5, 0.6) is 0 Å². The van der Waals surface area contributed by atoms with Crippen LogP contribution in [0.4, 0.5) is 8.78 Å². The predicted molar refractivity (Wildman–Crippen MR) is 62.3 cm³/mol. The van der Waals surface area contributed by atoms with Gasteiger partial charge in [-0.1, -0.05) is 0 Å². The summed E-state index contributed by atoms with van der Waals surface area (Å²) < 4.78 is 27.0. The molecule has 0 atom stereocenters. The molecule has 1 aromatic carbocycles. The summed E-state index contributed by atoms with van der Waals surface area (Å²) in [5, 5.41) is 0. The van der Waals surface area contributed by atoms with Gasteiger partial charge in [-0.3, -0.25) is 4.98 Å². The van der Waals surface area contributed by atoms with E-state index in [9.17, 15) is 8.78 Å². The molecule has 0 saturated carbocycles. The summed E-state index contributed by atoms with van der Waals surface area (Å²) in [6, 6.07) is 7.03. The first kappa shape index (κ1) is 10.5. The molecule has 76 valence electrons. The standard InChI is InChI=1S/C11H6F2IN/c12-7-1-2-9(10(13)5-7)11-6-8(14)3-4-15-11/h1-6H. The zero-order chi connectivity index (χ0) is 10.8. The van der Waals surface area contributed by atoms with Gasteiger partial charge in [0.1, 0.15) is 11.6 Å². The normalized spacial score (nSPS) is 10.3. The Bertz CT molecular complexity index is 500. The smallest absolute Gasteiger partial charge is 0.135 e. The maximum atomic E-state index is 13.4. The third-order valence-corrected chi connectivity index (χ3v) is 2.60. The fraction of sp³-hybridized carbons (Fsp3) is 0. The van der Waals surface area contributed by atoms with Gasteiger partial charge in [-0.15, -0.1) is 0 Å². The second-order valence-corrected chi connectivity index (χ2v) is 4.23. The average Bonchev–Trinajstić information content (AvgIpc) is 2.17. The molecule has 0 aliphatic carbocycles. The number of hydrogen-bond acceptors (Lipinski definition) is 1. The fourth-order valence-electron chi connectivity index (χ4n) is 1.25. The zero-order valence-electron chi connectivity index (χ0n) is 7.55. The topological polar surface area (TPSA) is 12.9 Å². The zero-order valence-corrected chi connectivity index (χ0v) is 9.70. The molecule has 0 aliphatic heterocycles. The van der Waals surface area contributed by atoms with Gasteiger partial charge in [0.2, 0.25) is 0 Å². The van der Waals surface area contributed by atoms with Crippen LogP contribution in [0.2, 0.25) is 0 Å². The van der Waals surface area contributed by atoms with Crippen molar-refractivity contribution in [3.63, 3.8) is 0 Å². The molecule has 0 N–H and O–H groups in total. The van der Waals surface area contributed by atoms with Crippen molar-refractivity contribution in [3.05, 3.63) is 51.7 Å². The Morgan fingerprint density at radius 1 is 1.07 bits per heavy atom. The molecule has 0 unspecified atom stereocenters. The number of rotatable bonds is 1. The summed E-state index contributed by atoms with van der Waals surface area (Å²) in [7, 11) is 0. The van der Waals surface area contributed by atoms with Crippen LogP contribution in [-0.2, 0) is 0 Å². The number of halogens is 3. The van der Waals surface area contributed by atoms with E-state index in [1.165, 1.54) is 12.1 Å². The van der Waals surface area contributed by atoms with Gasteiger partial charge in [0.25, 0.3) is 0 Å². The first-order valence-corrected chi connectivity index (χ1v) is 5.31. The molecule has 15 heavy (non-hydrogen) atoms. The summed E-state index contributed by atoms with van der Waals surface area (Å²) in [5.41, 5.74) is 0.828. The molecule has 4 heteroatoms. The average molecular weight is 317 g/mol. The molecule has 1 nitrogen and oxygen atoms in total. The molecule has 0 amide bonds. The summed E-state index contributed by atoms with van der Waals surface area (Å²) in [5.74, 6) is -1.17. The van der Waals surface area contributed by atoms with Gasteiger partial charge in [-0.05, 0) is 46.9 Å². The molecule has 0 aliphatic rings. The van der Waals surface area contributed by atoms with E-state index < -0.39 is 11.6 Å². The van der Waals surface area contributed by atoms with Gasteiger partial charge < -0.3 is 0 Å². The largest absolute Gasteiger partial charge is 0.256 e. The van der Waals surface area contributed by atoms with E-state index >= 15 is 0 Å². The van der Waals surface area contributed by atoms with Gasteiger partial charge >= 0.3 is 0 Å².